The Labute approximate surface area is 173 Å². The summed E-state index contributed by atoms with van der Waals surface area (Å²) in [5.74, 6) is 2.40. The number of fused-ring (bicyclic) bond motifs is 1. The molecule has 5 nitrogen and oxygen atoms in total. The second kappa shape index (κ2) is 10.2. The Hall–Kier alpha value is -1.28. The third-order valence-corrected chi connectivity index (χ3v) is 4.97. The summed E-state index contributed by atoms with van der Waals surface area (Å²) in [6.45, 7) is 9.63. The second-order valence-electron chi connectivity index (χ2n) is 7.07. The number of furan rings is 1. The minimum Gasteiger partial charge on any atom is -0.459 e. The van der Waals surface area contributed by atoms with E-state index >= 15 is 0 Å². The smallest absolute Gasteiger partial charge is 0.191 e. The first-order valence-electron chi connectivity index (χ1n) is 9.31. The summed E-state index contributed by atoms with van der Waals surface area (Å²) >= 11 is 0. The maximum atomic E-state index is 5.96. The van der Waals surface area contributed by atoms with Crippen LogP contribution in [0.15, 0.2) is 33.7 Å². The van der Waals surface area contributed by atoms with Crippen LogP contribution < -0.4 is 10.6 Å². The summed E-state index contributed by atoms with van der Waals surface area (Å²) in [5.41, 5.74) is 2.14. The van der Waals surface area contributed by atoms with Gasteiger partial charge in [0.2, 0.25) is 0 Å². The highest BCUT2D eigenvalue weighted by atomic mass is 127. The standard InChI is InChI=1S/C20H30N4O.HI/c1-15(14-24-10-6-7-11-24)12-22-20(21-3)23-13-19-16(2)17-8-4-5-9-18(17)25-19;/h4-5,8-9,15H,6-7,10-14H2,1-3H3,(H2,21,22,23);1H. The number of guanidine groups is 1. The predicted octanol–water partition coefficient (Wildman–Crippen LogP) is 3.76. The summed E-state index contributed by atoms with van der Waals surface area (Å²) in [4.78, 5) is 6.89. The molecule has 1 unspecified atom stereocenters. The first-order valence-corrected chi connectivity index (χ1v) is 9.31. The number of nitrogens with zero attached hydrogens (tertiary/aromatic N) is 2. The minimum atomic E-state index is 0. The molecule has 1 aliphatic rings. The topological polar surface area (TPSA) is 52.8 Å². The highest BCUT2D eigenvalue weighted by Gasteiger charge is 2.15. The molecule has 1 aliphatic heterocycles. The first-order chi connectivity index (χ1) is 12.2. The number of likely N-dealkylation sites (tertiary alicyclic amines) is 1. The van der Waals surface area contributed by atoms with Gasteiger partial charge in [-0.1, -0.05) is 25.1 Å². The van der Waals surface area contributed by atoms with Crippen LogP contribution in [0.2, 0.25) is 0 Å². The quantitative estimate of drug-likeness (QED) is 0.384. The third-order valence-electron chi connectivity index (χ3n) is 4.97. The van der Waals surface area contributed by atoms with E-state index in [1.54, 1.807) is 0 Å². The number of para-hydroxylation sites is 1. The fourth-order valence-electron chi connectivity index (χ4n) is 3.52. The van der Waals surface area contributed by atoms with Crippen LogP contribution in [0.1, 0.15) is 31.1 Å². The van der Waals surface area contributed by atoms with Crippen molar-refractivity contribution in [2.75, 3.05) is 33.2 Å². The van der Waals surface area contributed by atoms with E-state index in [0.29, 0.717) is 12.5 Å². The molecule has 0 amide bonds. The zero-order chi connectivity index (χ0) is 17.6. The van der Waals surface area contributed by atoms with Gasteiger partial charge in [-0.15, -0.1) is 24.0 Å². The van der Waals surface area contributed by atoms with E-state index in [1.165, 1.54) is 36.9 Å². The Morgan fingerprint density at radius 2 is 1.96 bits per heavy atom. The molecule has 0 saturated carbocycles. The van der Waals surface area contributed by atoms with Crippen molar-refractivity contribution in [3.63, 3.8) is 0 Å². The number of aliphatic imine (C=N–C) groups is 1. The van der Waals surface area contributed by atoms with Gasteiger partial charge in [-0.05, 0) is 44.8 Å². The summed E-state index contributed by atoms with van der Waals surface area (Å²) in [6, 6.07) is 8.17. The van der Waals surface area contributed by atoms with Crippen LogP contribution in [0.25, 0.3) is 11.0 Å². The number of benzene rings is 1. The third kappa shape index (κ3) is 5.36. The highest BCUT2D eigenvalue weighted by molar-refractivity contribution is 14.0. The number of hydrogen-bond donors (Lipinski definition) is 2. The van der Waals surface area contributed by atoms with Crippen LogP contribution in [0, 0.1) is 12.8 Å². The molecule has 6 heteroatoms. The summed E-state index contributed by atoms with van der Waals surface area (Å²) in [5, 5.41) is 7.99. The van der Waals surface area contributed by atoms with Crippen molar-refractivity contribution >= 4 is 40.9 Å². The Morgan fingerprint density at radius 3 is 2.65 bits per heavy atom. The number of nitrogens with one attached hydrogen (secondary N) is 2. The van der Waals surface area contributed by atoms with Crippen LogP contribution >= 0.6 is 24.0 Å². The molecule has 26 heavy (non-hydrogen) atoms. The Kier molecular flexibility index (Phi) is 8.21. The van der Waals surface area contributed by atoms with Crippen molar-refractivity contribution in [1.29, 1.82) is 0 Å². The Morgan fingerprint density at radius 1 is 1.23 bits per heavy atom. The summed E-state index contributed by atoms with van der Waals surface area (Å²) in [7, 11) is 1.81. The lowest BCUT2D eigenvalue weighted by atomic mass is 10.1. The van der Waals surface area contributed by atoms with E-state index in [1.807, 2.05) is 25.2 Å². The van der Waals surface area contributed by atoms with Gasteiger partial charge >= 0.3 is 0 Å². The molecule has 2 N–H and O–H groups in total. The maximum Gasteiger partial charge on any atom is 0.191 e. The molecule has 2 heterocycles. The van der Waals surface area contributed by atoms with Crippen LogP contribution in [0.3, 0.4) is 0 Å². The van der Waals surface area contributed by atoms with Gasteiger partial charge in [0.1, 0.15) is 11.3 Å². The predicted molar refractivity (Wildman–Crippen MR) is 119 cm³/mol. The fourth-order valence-corrected chi connectivity index (χ4v) is 3.52. The lowest BCUT2D eigenvalue weighted by molar-refractivity contribution is 0.287. The molecule has 0 spiro atoms. The number of halogens is 1. The van der Waals surface area contributed by atoms with Gasteiger partial charge in [0.25, 0.3) is 0 Å². The molecule has 1 atom stereocenters. The fraction of sp³-hybridized carbons (Fsp3) is 0.550. The maximum absolute atomic E-state index is 5.96. The molecular weight excluding hydrogens is 439 g/mol. The average Bonchev–Trinajstić information content (AvgIpc) is 3.24. The van der Waals surface area contributed by atoms with Crippen molar-refractivity contribution < 1.29 is 4.42 Å². The molecule has 0 radical (unpaired) electrons. The molecule has 1 fully saturated rings. The molecule has 0 bridgehead atoms. The Bertz CT molecular complexity index is 722. The van der Waals surface area contributed by atoms with E-state index in [-0.39, 0.29) is 24.0 Å². The zero-order valence-corrected chi connectivity index (χ0v) is 18.4. The first kappa shape index (κ1) is 21.0. The highest BCUT2D eigenvalue weighted by Crippen LogP contribution is 2.24. The largest absolute Gasteiger partial charge is 0.459 e. The number of rotatable bonds is 6. The SMILES string of the molecule is CN=C(NCc1oc2ccccc2c1C)NCC(C)CN1CCCC1.I. The van der Waals surface area contributed by atoms with E-state index in [0.717, 1.165) is 30.4 Å². The monoisotopic (exact) mass is 470 g/mol. The number of hydrogen-bond acceptors (Lipinski definition) is 3. The van der Waals surface area contributed by atoms with E-state index in [2.05, 4.69) is 40.4 Å². The molecular formula is C20H31IN4O. The van der Waals surface area contributed by atoms with Crippen molar-refractivity contribution in [3.05, 3.63) is 35.6 Å². The van der Waals surface area contributed by atoms with Gasteiger partial charge in [0, 0.05) is 31.1 Å². The van der Waals surface area contributed by atoms with Crippen molar-refractivity contribution in [3.8, 4) is 0 Å². The minimum absolute atomic E-state index is 0. The molecule has 0 aliphatic carbocycles. The van der Waals surface area contributed by atoms with Gasteiger partial charge in [-0.3, -0.25) is 4.99 Å². The lowest BCUT2D eigenvalue weighted by Gasteiger charge is -2.21. The van der Waals surface area contributed by atoms with Crippen LogP contribution in [-0.4, -0.2) is 44.1 Å². The van der Waals surface area contributed by atoms with E-state index < -0.39 is 0 Å². The summed E-state index contributed by atoms with van der Waals surface area (Å²) < 4.78 is 5.96. The van der Waals surface area contributed by atoms with Gasteiger partial charge < -0.3 is 20.0 Å². The summed E-state index contributed by atoms with van der Waals surface area (Å²) in [6.07, 6.45) is 2.69. The van der Waals surface area contributed by atoms with E-state index in [9.17, 15) is 0 Å². The zero-order valence-electron chi connectivity index (χ0n) is 16.0. The molecule has 2 aromatic rings. The molecule has 1 aromatic heterocycles. The van der Waals surface area contributed by atoms with Crippen LogP contribution in [-0.2, 0) is 6.54 Å². The van der Waals surface area contributed by atoms with Gasteiger partial charge in [-0.2, -0.15) is 0 Å². The van der Waals surface area contributed by atoms with Gasteiger partial charge in [0.15, 0.2) is 5.96 Å². The molecule has 144 valence electrons. The Balaban J connectivity index is 0.00000243. The second-order valence-corrected chi connectivity index (χ2v) is 7.07. The number of aryl methyl sites for hydroxylation is 1. The van der Waals surface area contributed by atoms with Crippen molar-refractivity contribution in [2.45, 2.75) is 33.2 Å². The normalized spacial score (nSPS) is 16.5. The van der Waals surface area contributed by atoms with Gasteiger partial charge in [0.05, 0.1) is 6.54 Å². The van der Waals surface area contributed by atoms with Crippen LogP contribution in [0.5, 0.6) is 0 Å². The average molecular weight is 470 g/mol. The van der Waals surface area contributed by atoms with Gasteiger partial charge in [-0.25, -0.2) is 0 Å². The van der Waals surface area contributed by atoms with E-state index in [4.69, 9.17) is 4.42 Å². The lowest BCUT2D eigenvalue weighted by Crippen LogP contribution is -2.41. The molecule has 1 aromatic carbocycles. The van der Waals surface area contributed by atoms with Crippen LogP contribution in [0.4, 0.5) is 0 Å². The van der Waals surface area contributed by atoms with Crippen molar-refractivity contribution in [2.24, 2.45) is 10.9 Å². The molecule has 3 rings (SSSR count). The van der Waals surface area contributed by atoms with Crippen molar-refractivity contribution in [1.82, 2.24) is 15.5 Å². The molecule has 1 saturated heterocycles.